The van der Waals surface area contributed by atoms with Gasteiger partial charge in [0.1, 0.15) is 0 Å². The van der Waals surface area contributed by atoms with Gasteiger partial charge in [-0.2, -0.15) is 0 Å². The van der Waals surface area contributed by atoms with Crippen LogP contribution in [0.1, 0.15) is 5.56 Å². The molecule has 0 aliphatic carbocycles. The van der Waals surface area contributed by atoms with Gasteiger partial charge in [-0.25, -0.2) is 0 Å². The Balaban J connectivity index is 2.44. The second kappa shape index (κ2) is 4.74. The van der Waals surface area contributed by atoms with Gasteiger partial charge < -0.3 is 5.11 Å². The van der Waals surface area contributed by atoms with Gasteiger partial charge in [0.25, 0.3) is 0 Å². The highest BCUT2D eigenvalue weighted by atomic mass is 79.9. The first-order chi connectivity index (χ1) is 6.08. The van der Waals surface area contributed by atoms with Crippen molar-refractivity contribution >= 4 is 33.2 Å². The van der Waals surface area contributed by atoms with Crippen LogP contribution in [0.2, 0.25) is 0 Å². The van der Waals surface area contributed by atoms with E-state index in [4.69, 9.17) is 5.11 Å². The number of aliphatic carboxylic acids is 1. The van der Waals surface area contributed by atoms with Crippen LogP contribution in [0.15, 0.2) is 15.2 Å². The Morgan fingerprint density at radius 1 is 1.77 bits per heavy atom. The highest BCUT2D eigenvalue weighted by Crippen LogP contribution is 2.21. The fraction of sp³-hybridized carbons (Fsp3) is 0.375. The Morgan fingerprint density at radius 3 is 2.92 bits per heavy atom. The van der Waals surface area contributed by atoms with Crippen molar-refractivity contribution in [1.29, 1.82) is 0 Å². The molecule has 0 bridgehead atoms. The molecular weight excluding hydrogens is 254 g/mol. The van der Waals surface area contributed by atoms with Gasteiger partial charge in [-0.05, 0) is 40.0 Å². The molecule has 1 heterocycles. The predicted molar refractivity (Wildman–Crippen MR) is 56.0 cm³/mol. The maximum Gasteiger partial charge on any atom is 0.317 e. The molecule has 5 heteroatoms. The van der Waals surface area contributed by atoms with E-state index < -0.39 is 5.97 Å². The van der Waals surface area contributed by atoms with Gasteiger partial charge in [0.2, 0.25) is 0 Å². The van der Waals surface area contributed by atoms with E-state index in [1.165, 1.54) is 0 Å². The summed E-state index contributed by atoms with van der Waals surface area (Å²) in [5, 5.41) is 10.5. The lowest BCUT2D eigenvalue weighted by atomic mass is 10.3. The Hall–Kier alpha value is -0.390. The summed E-state index contributed by atoms with van der Waals surface area (Å²) in [5.74, 6) is -0.795. The minimum Gasteiger partial charge on any atom is -0.480 e. The number of carboxylic acids is 1. The quantitative estimate of drug-likeness (QED) is 0.904. The van der Waals surface area contributed by atoms with Crippen LogP contribution in [-0.4, -0.2) is 29.6 Å². The SMILES string of the molecule is CN(CC(=O)O)Cc1csc(Br)c1. The van der Waals surface area contributed by atoms with E-state index in [0.717, 1.165) is 9.35 Å². The van der Waals surface area contributed by atoms with Gasteiger partial charge >= 0.3 is 5.97 Å². The molecule has 0 aliphatic rings. The Morgan fingerprint density at radius 2 is 2.46 bits per heavy atom. The first kappa shape index (κ1) is 10.7. The summed E-state index contributed by atoms with van der Waals surface area (Å²) >= 11 is 4.96. The third kappa shape index (κ3) is 3.89. The average Bonchev–Trinajstić information content (AvgIpc) is 2.33. The van der Waals surface area contributed by atoms with Crippen molar-refractivity contribution in [3.63, 3.8) is 0 Å². The second-order valence-corrected chi connectivity index (χ2v) is 5.12. The number of likely N-dealkylation sites (N-methyl/N-ethyl adjacent to an activating group) is 1. The second-order valence-electron chi connectivity index (χ2n) is 2.83. The number of thiophene rings is 1. The van der Waals surface area contributed by atoms with Gasteiger partial charge in [-0.1, -0.05) is 0 Å². The summed E-state index contributed by atoms with van der Waals surface area (Å²) in [6.45, 7) is 0.752. The topological polar surface area (TPSA) is 40.5 Å². The molecule has 0 atom stereocenters. The lowest BCUT2D eigenvalue weighted by Gasteiger charge is -2.11. The van der Waals surface area contributed by atoms with Crippen molar-refractivity contribution < 1.29 is 9.90 Å². The van der Waals surface area contributed by atoms with E-state index >= 15 is 0 Å². The van der Waals surface area contributed by atoms with Gasteiger partial charge in [0.05, 0.1) is 10.3 Å². The number of hydrogen-bond donors (Lipinski definition) is 1. The van der Waals surface area contributed by atoms with Crippen molar-refractivity contribution in [3.8, 4) is 0 Å². The Kier molecular flexibility index (Phi) is 3.90. The highest BCUT2D eigenvalue weighted by molar-refractivity contribution is 9.11. The summed E-state index contributed by atoms with van der Waals surface area (Å²) in [7, 11) is 1.79. The van der Waals surface area contributed by atoms with Gasteiger partial charge in [-0.15, -0.1) is 11.3 Å². The number of halogens is 1. The third-order valence-corrected chi connectivity index (χ3v) is 3.03. The molecule has 13 heavy (non-hydrogen) atoms. The molecule has 1 aromatic heterocycles. The zero-order valence-electron chi connectivity index (χ0n) is 7.16. The number of nitrogens with zero attached hydrogens (tertiary/aromatic N) is 1. The largest absolute Gasteiger partial charge is 0.480 e. The van der Waals surface area contributed by atoms with Crippen LogP contribution < -0.4 is 0 Å². The lowest BCUT2D eigenvalue weighted by Crippen LogP contribution is -2.24. The average molecular weight is 264 g/mol. The summed E-state index contributed by atoms with van der Waals surface area (Å²) in [5.41, 5.74) is 1.14. The van der Waals surface area contributed by atoms with Crippen molar-refractivity contribution in [1.82, 2.24) is 4.90 Å². The molecule has 0 aliphatic heterocycles. The molecule has 0 unspecified atom stereocenters. The summed E-state index contributed by atoms with van der Waals surface area (Å²) in [6, 6.07) is 2.00. The van der Waals surface area contributed by atoms with Crippen LogP contribution >= 0.6 is 27.3 Å². The van der Waals surface area contributed by atoms with Crippen LogP contribution in [0.5, 0.6) is 0 Å². The van der Waals surface area contributed by atoms with E-state index in [1.807, 2.05) is 11.4 Å². The number of carbonyl (C=O) groups is 1. The number of hydrogen-bond acceptors (Lipinski definition) is 3. The van der Waals surface area contributed by atoms with Crippen LogP contribution in [0, 0.1) is 0 Å². The molecule has 1 N–H and O–H groups in total. The molecule has 0 amide bonds. The van der Waals surface area contributed by atoms with Crippen LogP contribution in [-0.2, 0) is 11.3 Å². The molecule has 72 valence electrons. The standard InChI is InChI=1S/C8H10BrNO2S/c1-10(4-8(11)12)3-6-2-7(9)13-5-6/h2,5H,3-4H2,1H3,(H,11,12). The maximum absolute atomic E-state index is 10.4. The Labute approximate surface area is 89.1 Å². The minimum atomic E-state index is -0.795. The molecule has 1 rings (SSSR count). The highest BCUT2D eigenvalue weighted by Gasteiger charge is 2.05. The predicted octanol–water partition coefficient (Wildman–Crippen LogP) is 2.03. The Bertz CT molecular complexity index is 300. The summed E-state index contributed by atoms with van der Waals surface area (Å²) < 4.78 is 1.08. The number of carboxylic acid groups (broad SMARTS) is 1. The van der Waals surface area contributed by atoms with E-state index in [1.54, 1.807) is 23.3 Å². The third-order valence-electron chi connectivity index (χ3n) is 1.48. The molecule has 0 saturated carbocycles. The molecule has 0 radical (unpaired) electrons. The smallest absolute Gasteiger partial charge is 0.317 e. The fourth-order valence-electron chi connectivity index (χ4n) is 1.03. The van der Waals surface area contributed by atoms with Crippen molar-refractivity contribution in [3.05, 3.63) is 20.8 Å². The lowest BCUT2D eigenvalue weighted by molar-refractivity contribution is -0.138. The van der Waals surface area contributed by atoms with Gasteiger partial charge in [-0.3, -0.25) is 9.69 Å². The molecule has 1 aromatic rings. The van der Waals surface area contributed by atoms with Crippen LogP contribution in [0.3, 0.4) is 0 Å². The first-order valence-corrected chi connectivity index (χ1v) is 5.38. The normalized spacial score (nSPS) is 10.7. The first-order valence-electron chi connectivity index (χ1n) is 3.71. The zero-order valence-corrected chi connectivity index (χ0v) is 9.56. The molecule has 0 fully saturated rings. The molecule has 0 aromatic carbocycles. The minimum absolute atomic E-state index is 0.0769. The van der Waals surface area contributed by atoms with E-state index in [2.05, 4.69) is 15.9 Å². The van der Waals surface area contributed by atoms with E-state index in [9.17, 15) is 4.79 Å². The monoisotopic (exact) mass is 263 g/mol. The van der Waals surface area contributed by atoms with Crippen molar-refractivity contribution in [2.24, 2.45) is 0 Å². The maximum atomic E-state index is 10.4. The van der Waals surface area contributed by atoms with E-state index in [0.29, 0.717) is 6.54 Å². The molecule has 0 saturated heterocycles. The summed E-state index contributed by atoms with van der Waals surface area (Å²) in [6.07, 6.45) is 0. The molecular formula is C8H10BrNO2S. The number of rotatable bonds is 4. The van der Waals surface area contributed by atoms with Crippen LogP contribution in [0.25, 0.3) is 0 Å². The molecule has 0 spiro atoms. The summed E-state index contributed by atoms with van der Waals surface area (Å²) in [4.78, 5) is 12.1. The van der Waals surface area contributed by atoms with Gasteiger partial charge in [0.15, 0.2) is 0 Å². The van der Waals surface area contributed by atoms with E-state index in [-0.39, 0.29) is 6.54 Å². The molecule has 3 nitrogen and oxygen atoms in total. The fourth-order valence-corrected chi connectivity index (χ4v) is 2.23. The van der Waals surface area contributed by atoms with Gasteiger partial charge in [0, 0.05) is 6.54 Å². The van der Waals surface area contributed by atoms with Crippen molar-refractivity contribution in [2.75, 3.05) is 13.6 Å². The zero-order chi connectivity index (χ0) is 9.84. The van der Waals surface area contributed by atoms with Crippen molar-refractivity contribution in [2.45, 2.75) is 6.54 Å². The van der Waals surface area contributed by atoms with Crippen LogP contribution in [0.4, 0.5) is 0 Å².